The van der Waals surface area contributed by atoms with Crippen LogP contribution in [0.4, 0.5) is 14.9 Å². The molecule has 3 aliphatic heterocycles. The predicted molar refractivity (Wildman–Crippen MR) is 108 cm³/mol. The van der Waals surface area contributed by atoms with Crippen LogP contribution >= 0.6 is 0 Å². The van der Waals surface area contributed by atoms with Gasteiger partial charge >= 0.3 is 6.16 Å². The number of anilines is 1. The highest BCUT2D eigenvalue weighted by atomic mass is 19.1. The summed E-state index contributed by atoms with van der Waals surface area (Å²) in [4.78, 5) is 28.2. The molecule has 0 bridgehead atoms. The normalized spacial score (nSPS) is 21.3. The van der Waals surface area contributed by atoms with E-state index in [4.69, 9.17) is 9.84 Å². The molecule has 0 aliphatic carbocycles. The van der Waals surface area contributed by atoms with Gasteiger partial charge in [0.1, 0.15) is 11.2 Å². The highest BCUT2D eigenvalue weighted by molar-refractivity contribution is 5.93. The fourth-order valence-electron chi connectivity index (χ4n) is 4.82. The Morgan fingerprint density at radius 2 is 2.13 bits per heavy atom. The zero-order valence-electron chi connectivity index (χ0n) is 16.6. The van der Waals surface area contributed by atoms with Crippen molar-refractivity contribution in [2.75, 3.05) is 49.9 Å². The van der Waals surface area contributed by atoms with Crippen molar-refractivity contribution in [2.24, 2.45) is 0 Å². The molecule has 3 aliphatic rings. The van der Waals surface area contributed by atoms with Gasteiger partial charge in [-0.15, -0.1) is 0 Å². The number of hydrogen-bond acceptors (Lipinski definition) is 7. The van der Waals surface area contributed by atoms with Crippen LogP contribution in [-0.2, 0) is 0 Å². The first kappa shape index (κ1) is 19.0. The van der Waals surface area contributed by atoms with Crippen LogP contribution in [0.5, 0.6) is 11.5 Å². The lowest BCUT2D eigenvalue weighted by atomic mass is 9.99. The Morgan fingerprint density at radius 1 is 1.30 bits per heavy atom. The standard InChI is InChI=1S/C20H23FN4O5/c1-22-11-29-19-16-13(18(26)15(10-25(16)22)30-20(27)28)8-14(21)17(19)24-7-6-23-5-3-2-4-12(23)9-24/h8,10,12H,2-7,9,11H2,1H3,(H,27,28). The molecule has 2 aromatic rings. The molecule has 4 heterocycles. The summed E-state index contributed by atoms with van der Waals surface area (Å²) in [6.45, 7) is 3.45. The lowest BCUT2D eigenvalue weighted by Crippen LogP contribution is -2.55. The van der Waals surface area contributed by atoms with E-state index >= 15 is 4.39 Å². The summed E-state index contributed by atoms with van der Waals surface area (Å²) in [5, 5.41) is 10.6. The van der Waals surface area contributed by atoms with Crippen LogP contribution in [0.1, 0.15) is 19.3 Å². The first-order valence-corrected chi connectivity index (χ1v) is 10.1. The minimum absolute atomic E-state index is 0.0212. The summed E-state index contributed by atoms with van der Waals surface area (Å²) in [6, 6.07) is 1.55. The summed E-state index contributed by atoms with van der Waals surface area (Å²) >= 11 is 0. The van der Waals surface area contributed by atoms with E-state index in [9.17, 15) is 9.59 Å². The maximum absolute atomic E-state index is 15.3. The van der Waals surface area contributed by atoms with Crippen molar-refractivity contribution in [2.45, 2.75) is 25.3 Å². The molecule has 0 radical (unpaired) electrons. The second kappa shape index (κ2) is 7.05. The Bertz CT molecular complexity index is 1090. The van der Waals surface area contributed by atoms with Crippen molar-refractivity contribution in [1.29, 1.82) is 0 Å². The molecular weight excluding hydrogens is 395 g/mol. The summed E-state index contributed by atoms with van der Waals surface area (Å²) in [6.07, 6.45) is 3.18. The summed E-state index contributed by atoms with van der Waals surface area (Å²) < 4.78 is 27.5. The fraction of sp³-hybridized carbons (Fsp3) is 0.500. The number of hydrogen-bond donors (Lipinski definition) is 1. The highest BCUT2D eigenvalue weighted by Gasteiger charge is 2.34. The Hall–Kier alpha value is -3.01. The molecule has 10 heteroatoms. The van der Waals surface area contributed by atoms with Gasteiger partial charge in [0.25, 0.3) is 0 Å². The Labute approximate surface area is 171 Å². The third-order valence-corrected chi connectivity index (χ3v) is 6.23. The maximum Gasteiger partial charge on any atom is 0.511 e. The summed E-state index contributed by atoms with van der Waals surface area (Å²) in [7, 11) is 1.72. The summed E-state index contributed by atoms with van der Waals surface area (Å²) in [5.41, 5.74) is 0.0844. The molecule has 1 atom stereocenters. The van der Waals surface area contributed by atoms with Crippen LogP contribution in [0.3, 0.4) is 0 Å². The summed E-state index contributed by atoms with van der Waals surface area (Å²) in [5.74, 6) is -0.619. The topological polar surface area (TPSA) is 87.5 Å². The van der Waals surface area contributed by atoms with E-state index in [-0.39, 0.29) is 17.9 Å². The number of carboxylic acid groups (broad SMARTS) is 1. The number of halogens is 1. The third-order valence-electron chi connectivity index (χ3n) is 6.23. The van der Waals surface area contributed by atoms with Crippen LogP contribution in [0.15, 0.2) is 17.1 Å². The van der Waals surface area contributed by atoms with E-state index in [0.29, 0.717) is 36.1 Å². The molecular formula is C20H23FN4O5. The number of benzene rings is 1. The number of pyridine rings is 1. The predicted octanol–water partition coefficient (Wildman–Crippen LogP) is 1.79. The van der Waals surface area contributed by atoms with Gasteiger partial charge in [-0.1, -0.05) is 6.42 Å². The number of piperazine rings is 1. The molecule has 1 unspecified atom stereocenters. The van der Waals surface area contributed by atoms with Crippen LogP contribution in [0.2, 0.25) is 0 Å². The first-order valence-electron chi connectivity index (χ1n) is 10.1. The van der Waals surface area contributed by atoms with Gasteiger partial charge in [0.15, 0.2) is 18.3 Å². The van der Waals surface area contributed by atoms with Gasteiger partial charge in [-0.25, -0.2) is 9.18 Å². The lowest BCUT2D eigenvalue weighted by Gasteiger charge is -2.45. The number of rotatable bonds is 2. The smallest absolute Gasteiger partial charge is 0.467 e. The number of fused-ring (bicyclic) bond motifs is 1. The van der Waals surface area contributed by atoms with Crippen molar-refractivity contribution in [1.82, 2.24) is 9.58 Å². The Balaban J connectivity index is 1.65. The van der Waals surface area contributed by atoms with E-state index in [1.807, 2.05) is 4.90 Å². The number of aromatic nitrogens is 1. The van der Waals surface area contributed by atoms with E-state index in [0.717, 1.165) is 25.6 Å². The molecule has 30 heavy (non-hydrogen) atoms. The monoisotopic (exact) mass is 418 g/mol. The number of nitrogens with zero attached hydrogens (tertiary/aromatic N) is 4. The molecule has 1 aromatic heterocycles. The minimum Gasteiger partial charge on any atom is -0.467 e. The second-order valence-electron chi connectivity index (χ2n) is 8.03. The Kier molecular flexibility index (Phi) is 4.46. The van der Waals surface area contributed by atoms with Gasteiger partial charge in [0.05, 0.1) is 11.6 Å². The van der Waals surface area contributed by atoms with Gasteiger partial charge in [0.2, 0.25) is 11.2 Å². The van der Waals surface area contributed by atoms with E-state index in [1.54, 1.807) is 16.7 Å². The number of piperidine rings is 1. The SMILES string of the molecule is CN1COc2c(N3CCN4CCCCC4C3)c(F)cc3c(=O)c(OC(=O)O)cn1c23. The minimum atomic E-state index is -1.60. The van der Waals surface area contributed by atoms with Crippen molar-refractivity contribution < 1.29 is 23.8 Å². The molecule has 9 nitrogen and oxygen atoms in total. The van der Waals surface area contributed by atoms with E-state index in [1.165, 1.54) is 19.0 Å². The van der Waals surface area contributed by atoms with Gasteiger partial charge in [-0.2, -0.15) is 0 Å². The Morgan fingerprint density at radius 3 is 2.93 bits per heavy atom. The quantitative estimate of drug-likeness (QED) is 0.739. The maximum atomic E-state index is 15.3. The average molecular weight is 418 g/mol. The van der Waals surface area contributed by atoms with Crippen LogP contribution in [0, 0.1) is 5.82 Å². The number of carbonyl (C=O) groups is 1. The van der Waals surface area contributed by atoms with Gasteiger partial charge in [-0.05, 0) is 25.5 Å². The van der Waals surface area contributed by atoms with E-state index < -0.39 is 17.4 Å². The molecule has 160 valence electrons. The molecule has 2 fully saturated rings. The lowest BCUT2D eigenvalue weighted by molar-refractivity contribution is 0.132. The molecule has 0 spiro atoms. The van der Waals surface area contributed by atoms with Crippen LogP contribution in [-0.4, -0.2) is 66.8 Å². The van der Waals surface area contributed by atoms with E-state index in [2.05, 4.69) is 9.64 Å². The molecule has 0 amide bonds. The second-order valence-corrected chi connectivity index (χ2v) is 8.03. The van der Waals surface area contributed by atoms with Crippen LogP contribution in [0.25, 0.3) is 10.9 Å². The van der Waals surface area contributed by atoms with Crippen molar-refractivity contribution in [3.8, 4) is 11.5 Å². The van der Waals surface area contributed by atoms with Crippen molar-refractivity contribution >= 4 is 22.7 Å². The molecule has 1 N–H and O–H groups in total. The third kappa shape index (κ3) is 2.94. The van der Waals surface area contributed by atoms with Gasteiger partial charge in [0, 0.05) is 32.7 Å². The fourth-order valence-corrected chi connectivity index (χ4v) is 4.82. The molecule has 0 saturated carbocycles. The molecule has 5 rings (SSSR count). The average Bonchev–Trinajstić information content (AvgIpc) is 2.72. The van der Waals surface area contributed by atoms with Crippen molar-refractivity contribution in [3.05, 3.63) is 28.3 Å². The zero-order valence-corrected chi connectivity index (χ0v) is 16.6. The molecule has 2 saturated heterocycles. The van der Waals surface area contributed by atoms with Crippen molar-refractivity contribution in [3.63, 3.8) is 0 Å². The number of ether oxygens (including phenoxy) is 2. The first-order chi connectivity index (χ1) is 14.4. The van der Waals surface area contributed by atoms with Gasteiger partial charge < -0.3 is 19.5 Å². The largest absolute Gasteiger partial charge is 0.511 e. The zero-order chi connectivity index (χ0) is 21.0. The molecule has 1 aromatic carbocycles. The van der Waals surface area contributed by atoms with Gasteiger partial charge in [-0.3, -0.25) is 19.4 Å². The van der Waals surface area contributed by atoms with Crippen LogP contribution < -0.4 is 24.8 Å². The highest BCUT2D eigenvalue weighted by Crippen LogP contribution is 2.41.